The van der Waals surface area contributed by atoms with Gasteiger partial charge in [-0.1, -0.05) is 0 Å². The van der Waals surface area contributed by atoms with Gasteiger partial charge in [0.15, 0.2) is 0 Å². The van der Waals surface area contributed by atoms with Gasteiger partial charge < -0.3 is 0 Å². The van der Waals surface area contributed by atoms with E-state index in [2.05, 4.69) is 28.3 Å². The van der Waals surface area contributed by atoms with Crippen molar-refractivity contribution in [2.24, 2.45) is 0 Å². The minimum absolute atomic E-state index is 1.01. The average Bonchev–Trinajstić information content (AvgIpc) is 2.48. The summed E-state index contributed by atoms with van der Waals surface area (Å²) in [5, 5.41) is 0. The van der Waals surface area contributed by atoms with E-state index in [0.717, 1.165) is 23.8 Å². The number of rotatable bonds is 0. The van der Waals surface area contributed by atoms with E-state index in [0.29, 0.717) is 0 Å². The zero-order chi connectivity index (χ0) is 8.24. The van der Waals surface area contributed by atoms with Crippen LogP contribution >= 0.6 is 11.9 Å². The molecule has 4 heteroatoms. The molecule has 10 heavy (non-hydrogen) atoms. The van der Waals surface area contributed by atoms with Gasteiger partial charge >= 0.3 is 21.0 Å². The molecule has 0 aromatic rings. The maximum absolute atomic E-state index is 8.19. The Morgan fingerprint density at radius 3 is 2.30 bits per heavy atom. The normalized spacial score (nSPS) is 10.9. The zero-order valence-corrected chi connectivity index (χ0v) is 7.73. The maximum atomic E-state index is 8.19. The SMILES string of the molecule is COCl.[C-]1=CC=CC1.[O]=[V]. The van der Waals surface area contributed by atoms with E-state index in [1.54, 1.807) is 0 Å². The molecule has 2 nitrogen and oxygen atoms in total. The summed E-state index contributed by atoms with van der Waals surface area (Å²) < 4.78 is 11.9. The van der Waals surface area contributed by atoms with Gasteiger partial charge in [-0.15, -0.1) is 6.42 Å². The van der Waals surface area contributed by atoms with Crippen molar-refractivity contribution in [3.63, 3.8) is 0 Å². The molecule has 0 saturated heterocycles. The third-order valence-corrected chi connectivity index (χ3v) is 0.586. The number of halogens is 1. The fourth-order valence-corrected chi connectivity index (χ4v) is 0.340. The molecule has 0 fully saturated rings. The van der Waals surface area contributed by atoms with Crippen LogP contribution in [0.1, 0.15) is 6.42 Å². The second-order valence-corrected chi connectivity index (χ2v) is 1.47. The van der Waals surface area contributed by atoms with Crippen LogP contribution in [0.2, 0.25) is 0 Å². The molecule has 57 valence electrons. The van der Waals surface area contributed by atoms with Crippen LogP contribution in [0.25, 0.3) is 0 Å². The molecule has 0 bridgehead atoms. The van der Waals surface area contributed by atoms with Gasteiger partial charge in [0.25, 0.3) is 0 Å². The molecule has 0 heterocycles. The molecule has 0 aliphatic heterocycles. The Labute approximate surface area is 75.3 Å². The van der Waals surface area contributed by atoms with E-state index < -0.39 is 0 Å². The van der Waals surface area contributed by atoms with Crippen molar-refractivity contribution in [2.75, 3.05) is 7.11 Å². The van der Waals surface area contributed by atoms with Crippen molar-refractivity contribution in [1.82, 2.24) is 0 Å². The third-order valence-electron chi connectivity index (χ3n) is 0.586. The molecule has 0 aromatic carbocycles. The molecular weight excluding hydrogens is 190 g/mol. The van der Waals surface area contributed by atoms with Crippen molar-refractivity contribution in [2.45, 2.75) is 6.42 Å². The summed E-state index contributed by atoms with van der Waals surface area (Å²) in [6, 6.07) is 0. The van der Waals surface area contributed by atoms with Crippen LogP contribution < -0.4 is 0 Å². The van der Waals surface area contributed by atoms with Gasteiger partial charge in [0.05, 0.1) is 19.0 Å². The summed E-state index contributed by atoms with van der Waals surface area (Å²) in [5.41, 5.74) is 0. The topological polar surface area (TPSA) is 26.3 Å². The van der Waals surface area contributed by atoms with Crippen LogP contribution in [-0.2, 0) is 25.3 Å². The summed E-state index contributed by atoms with van der Waals surface area (Å²) in [5.74, 6) is 0. The first-order valence-corrected chi connectivity index (χ1v) is 3.34. The summed E-state index contributed by atoms with van der Waals surface area (Å²) >= 11 is 5.56. The Hall–Kier alpha value is 0.114. The predicted molar refractivity (Wildman–Crippen MR) is 35.1 cm³/mol. The van der Waals surface area contributed by atoms with Gasteiger partial charge in [-0.3, -0.25) is 10.4 Å². The Morgan fingerprint density at radius 2 is 2.20 bits per heavy atom. The Morgan fingerprint density at radius 1 is 1.70 bits per heavy atom. The first-order valence-electron chi connectivity index (χ1n) is 2.46. The molecule has 0 unspecified atom stereocenters. The first kappa shape index (κ1) is 12.8. The van der Waals surface area contributed by atoms with Gasteiger partial charge in [0, 0.05) is 0 Å². The second kappa shape index (κ2) is 16.1. The van der Waals surface area contributed by atoms with Crippen LogP contribution in [0, 0.1) is 6.08 Å². The van der Waals surface area contributed by atoms with E-state index in [1.165, 1.54) is 7.11 Å². The first-order chi connectivity index (χ1) is 4.91. The number of hydrogen-bond acceptors (Lipinski definition) is 2. The number of allylic oxidation sites excluding steroid dienone is 4. The summed E-state index contributed by atoms with van der Waals surface area (Å²) in [6.45, 7) is 0. The number of hydrogen-bond donors (Lipinski definition) is 0. The van der Waals surface area contributed by atoms with Crippen LogP contribution in [-0.4, -0.2) is 7.11 Å². The summed E-state index contributed by atoms with van der Waals surface area (Å²) in [4.78, 5) is 0. The fraction of sp³-hybridized carbons (Fsp3) is 0.333. The molecular formula is C6H8ClO2V-. The van der Waals surface area contributed by atoms with Gasteiger partial charge in [-0.2, -0.15) is 6.08 Å². The van der Waals surface area contributed by atoms with E-state index in [-0.39, 0.29) is 0 Å². The van der Waals surface area contributed by atoms with Gasteiger partial charge in [-0.25, -0.2) is 12.2 Å². The van der Waals surface area contributed by atoms with E-state index in [9.17, 15) is 0 Å². The molecule has 0 atom stereocenters. The van der Waals surface area contributed by atoms with Crippen LogP contribution in [0.3, 0.4) is 0 Å². The third kappa shape index (κ3) is 15.7. The molecule has 0 amide bonds. The second-order valence-electron chi connectivity index (χ2n) is 1.16. The summed E-state index contributed by atoms with van der Waals surface area (Å²) in [7, 11) is 1.39. The van der Waals surface area contributed by atoms with Crippen LogP contribution in [0.15, 0.2) is 18.2 Å². The molecule has 0 radical (unpaired) electrons. The van der Waals surface area contributed by atoms with Crippen molar-refractivity contribution >= 4 is 11.9 Å². The molecule has 0 spiro atoms. The van der Waals surface area contributed by atoms with Crippen LogP contribution in [0.5, 0.6) is 0 Å². The van der Waals surface area contributed by atoms with E-state index >= 15 is 0 Å². The molecule has 0 N–H and O–H groups in total. The van der Waals surface area contributed by atoms with Gasteiger partial charge in [0.1, 0.15) is 0 Å². The minimum atomic E-state index is 1.01. The van der Waals surface area contributed by atoms with Gasteiger partial charge in [-0.05, 0) is 0 Å². The standard InChI is InChI=1S/C5H5.CH3ClO.O.V/c1-2-4-5-3-1;1-3-2;;/h1-3H,4H2;1H3;;/q-1;;;. The zero-order valence-electron chi connectivity index (χ0n) is 5.58. The summed E-state index contributed by atoms with van der Waals surface area (Å²) in [6.07, 6.45) is 10.0. The monoisotopic (exact) mass is 198 g/mol. The van der Waals surface area contributed by atoms with E-state index in [1.807, 2.05) is 12.2 Å². The van der Waals surface area contributed by atoms with Crippen molar-refractivity contribution < 1.29 is 25.3 Å². The molecule has 1 rings (SSSR count). The molecule has 0 saturated carbocycles. The van der Waals surface area contributed by atoms with Crippen molar-refractivity contribution in [1.29, 1.82) is 0 Å². The predicted octanol–water partition coefficient (Wildman–Crippen LogP) is 1.97. The molecule has 0 aromatic heterocycles. The average molecular weight is 199 g/mol. The Balaban J connectivity index is 0. The quantitative estimate of drug-likeness (QED) is 0.557. The fourth-order valence-electron chi connectivity index (χ4n) is 0.340. The Bertz CT molecular complexity index is 93.9. The molecule has 1 aliphatic carbocycles. The van der Waals surface area contributed by atoms with Crippen molar-refractivity contribution in [3.8, 4) is 0 Å². The van der Waals surface area contributed by atoms with Crippen molar-refractivity contribution in [3.05, 3.63) is 24.3 Å². The van der Waals surface area contributed by atoms with E-state index in [4.69, 9.17) is 3.67 Å². The molecule has 1 aliphatic rings. The Kier molecular flexibility index (Phi) is 20.5. The van der Waals surface area contributed by atoms with Crippen LogP contribution in [0.4, 0.5) is 0 Å². The van der Waals surface area contributed by atoms with Gasteiger partial charge in [0.2, 0.25) is 0 Å².